The van der Waals surface area contributed by atoms with Gasteiger partial charge in [-0.15, -0.1) is 0 Å². The molecule has 174 valence electrons. The summed E-state index contributed by atoms with van der Waals surface area (Å²) in [7, 11) is -4.40. The monoisotopic (exact) mass is 487 g/mol. The average molecular weight is 487 g/mol. The van der Waals surface area contributed by atoms with E-state index >= 15 is 0 Å². The lowest BCUT2D eigenvalue weighted by atomic mass is 10.00. The third kappa shape index (κ3) is 5.92. The average Bonchev–Trinajstić information content (AvgIpc) is 2.73. The summed E-state index contributed by atoms with van der Waals surface area (Å²) in [5.74, 6) is 0. The van der Waals surface area contributed by atoms with Gasteiger partial charge < -0.3 is 0 Å². The van der Waals surface area contributed by atoms with Crippen molar-refractivity contribution in [3.8, 4) is 0 Å². The fourth-order valence-corrected chi connectivity index (χ4v) is 3.47. The molecule has 0 saturated carbocycles. The minimum Gasteiger partial charge on any atom is -0.264 e. The van der Waals surface area contributed by atoms with E-state index in [-0.39, 0.29) is 21.7 Å². The maximum Gasteiger partial charge on any atom is 0.416 e. The van der Waals surface area contributed by atoms with Gasteiger partial charge in [-0.05, 0) is 43.3 Å². The topological polar surface area (TPSA) is 55.7 Å². The van der Waals surface area contributed by atoms with E-state index in [1.807, 2.05) is 0 Å². The molecule has 0 spiro atoms. The first-order valence-electron chi connectivity index (χ1n) is 9.21. The molecule has 3 rings (SSSR count). The molecule has 3 aromatic rings. The van der Waals surface area contributed by atoms with Gasteiger partial charge in [-0.25, -0.2) is 0 Å². The van der Waals surface area contributed by atoms with E-state index in [1.54, 1.807) is 6.92 Å². The number of hydrogen-bond acceptors (Lipinski definition) is 4. The van der Waals surface area contributed by atoms with Crippen molar-refractivity contribution in [2.75, 3.05) is 0 Å². The number of rotatable bonds is 5. The number of alkyl halides is 6. The molecule has 0 radical (unpaired) electrons. The molecule has 0 unspecified atom stereocenters. The summed E-state index contributed by atoms with van der Waals surface area (Å²) in [6.07, 6.45) is -9.23. The highest BCUT2D eigenvalue weighted by Gasteiger charge is 2.31. The lowest BCUT2D eigenvalue weighted by molar-refractivity contribution is -0.138. The lowest BCUT2D eigenvalue weighted by Crippen LogP contribution is -2.11. The van der Waals surface area contributed by atoms with Crippen LogP contribution in [0.5, 0.6) is 0 Å². The van der Waals surface area contributed by atoms with Crippen LogP contribution >= 0.6 is 0 Å². The highest BCUT2D eigenvalue weighted by molar-refractivity contribution is 7.86. The van der Waals surface area contributed by atoms with Crippen molar-refractivity contribution in [3.05, 3.63) is 101 Å². The molecule has 0 saturated heterocycles. The number of nitrogens with zero attached hydrogens (tertiary/aromatic N) is 1. The second-order valence-corrected chi connectivity index (χ2v) is 8.46. The third-order valence-electron chi connectivity index (χ3n) is 4.51. The quantitative estimate of drug-likeness (QED) is 0.245. The number of hydrogen-bond donors (Lipinski definition) is 0. The number of aryl methyl sites for hydroxylation is 1. The number of benzene rings is 3. The second-order valence-electron chi connectivity index (χ2n) is 6.93. The molecule has 3 aromatic carbocycles. The van der Waals surface area contributed by atoms with Gasteiger partial charge in [0.1, 0.15) is 10.6 Å². The van der Waals surface area contributed by atoms with Crippen LogP contribution in [0, 0.1) is 6.92 Å². The van der Waals surface area contributed by atoms with E-state index in [0.717, 1.165) is 54.1 Å². The first-order valence-corrected chi connectivity index (χ1v) is 10.6. The summed E-state index contributed by atoms with van der Waals surface area (Å²) in [5, 5.41) is 3.58. The maximum atomic E-state index is 12.9. The Morgan fingerprint density at radius 2 is 1.09 bits per heavy atom. The van der Waals surface area contributed by atoms with Crippen LogP contribution in [0.1, 0.15) is 27.8 Å². The molecule has 0 heterocycles. The predicted molar refractivity (Wildman–Crippen MR) is 108 cm³/mol. The molecule has 0 aliphatic carbocycles. The molecule has 0 fully saturated rings. The fourth-order valence-electron chi connectivity index (χ4n) is 2.74. The molecular formula is C22H15F6NO3S. The van der Waals surface area contributed by atoms with Crippen LogP contribution in [-0.2, 0) is 26.8 Å². The zero-order valence-corrected chi connectivity index (χ0v) is 17.6. The van der Waals surface area contributed by atoms with Gasteiger partial charge in [0.15, 0.2) is 0 Å². The second kappa shape index (κ2) is 8.89. The van der Waals surface area contributed by atoms with Crippen molar-refractivity contribution in [2.24, 2.45) is 5.16 Å². The molecule has 4 nitrogen and oxygen atoms in total. The van der Waals surface area contributed by atoms with E-state index in [2.05, 4.69) is 5.16 Å². The number of oxime groups is 1. The van der Waals surface area contributed by atoms with Crippen molar-refractivity contribution in [1.82, 2.24) is 0 Å². The Morgan fingerprint density at radius 3 is 1.45 bits per heavy atom. The molecule has 0 aliphatic rings. The van der Waals surface area contributed by atoms with Gasteiger partial charge in [-0.1, -0.05) is 47.1 Å². The van der Waals surface area contributed by atoms with Gasteiger partial charge in [0.05, 0.1) is 11.1 Å². The largest absolute Gasteiger partial charge is 0.416 e. The Balaban J connectivity index is 2.04. The summed E-state index contributed by atoms with van der Waals surface area (Å²) < 4.78 is 107. The van der Waals surface area contributed by atoms with Crippen LogP contribution in [0.15, 0.2) is 82.8 Å². The van der Waals surface area contributed by atoms with Gasteiger partial charge in [-0.2, -0.15) is 34.8 Å². The highest BCUT2D eigenvalue weighted by atomic mass is 32.2. The smallest absolute Gasteiger partial charge is 0.264 e. The van der Waals surface area contributed by atoms with Crippen molar-refractivity contribution in [2.45, 2.75) is 24.2 Å². The molecule has 0 atom stereocenters. The zero-order chi connectivity index (χ0) is 24.4. The molecule has 0 bridgehead atoms. The van der Waals surface area contributed by atoms with Gasteiger partial charge in [0.25, 0.3) is 0 Å². The Kier molecular flexibility index (Phi) is 6.55. The molecule has 0 N–H and O–H groups in total. The van der Waals surface area contributed by atoms with Crippen LogP contribution in [0.4, 0.5) is 26.3 Å². The summed E-state index contributed by atoms with van der Waals surface area (Å²) >= 11 is 0. The SMILES string of the molecule is Cc1ccc(S(=O)(=O)ON=C(c2ccc(C(F)(F)F)cc2)c2ccc(C(F)(F)F)cc2)cc1. The van der Waals surface area contributed by atoms with Crippen molar-refractivity contribution >= 4 is 15.8 Å². The maximum absolute atomic E-state index is 12.9. The lowest BCUT2D eigenvalue weighted by Gasteiger charge is -2.11. The summed E-state index contributed by atoms with van der Waals surface area (Å²) in [6.45, 7) is 1.74. The van der Waals surface area contributed by atoms with Crippen molar-refractivity contribution in [3.63, 3.8) is 0 Å². The predicted octanol–water partition coefficient (Wildman–Crippen LogP) is 6.19. The van der Waals surface area contributed by atoms with Crippen LogP contribution < -0.4 is 0 Å². The highest BCUT2D eigenvalue weighted by Crippen LogP contribution is 2.31. The van der Waals surface area contributed by atoms with E-state index in [4.69, 9.17) is 4.28 Å². The molecule has 0 amide bonds. The van der Waals surface area contributed by atoms with E-state index in [1.165, 1.54) is 24.3 Å². The number of halogens is 6. The Morgan fingerprint density at radius 1 is 0.697 bits per heavy atom. The molecule has 33 heavy (non-hydrogen) atoms. The molecular weight excluding hydrogens is 472 g/mol. The molecule has 11 heteroatoms. The van der Waals surface area contributed by atoms with Gasteiger partial charge >= 0.3 is 22.5 Å². The summed E-state index contributed by atoms with van der Waals surface area (Å²) in [5.41, 5.74) is -1.41. The van der Waals surface area contributed by atoms with Gasteiger partial charge in [-0.3, -0.25) is 4.28 Å². The van der Waals surface area contributed by atoms with Crippen molar-refractivity contribution in [1.29, 1.82) is 0 Å². The van der Waals surface area contributed by atoms with Crippen molar-refractivity contribution < 1.29 is 39.0 Å². The standard InChI is InChI=1S/C22H15F6NO3S/c1-14-2-12-19(13-3-14)33(30,31)32-29-20(15-4-8-17(9-5-15)21(23,24)25)16-6-10-18(11-7-16)22(26,27)28/h2-13H,1H3. The Labute approximate surface area is 185 Å². The normalized spacial score (nSPS) is 12.3. The van der Waals surface area contributed by atoms with E-state index < -0.39 is 33.6 Å². The Hall–Kier alpha value is -3.34. The molecule has 0 aromatic heterocycles. The van der Waals surface area contributed by atoms with E-state index in [0.29, 0.717) is 0 Å². The first kappa shape index (κ1) is 24.3. The minimum atomic E-state index is -4.62. The van der Waals surface area contributed by atoms with E-state index in [9.17, 15) is 34.8 Å². The third-order valence-corrected chi connectivity index (χ3v) is 5.63. The minimum absolute atomic E-state index is 0.00173. The van der Waals surface area contributed by atoms with Crippen LogP contribution in [0.3, 0.4) is 0 Å². The van der Waals surface area contributed by atoms with Gasteiger partial charge in [0.2, 0.25) is 0 Å². The first-order chi connectivity index (χ1) is 15.3. The van der Waals surface area contributed by atoms with Crippen LogP contribution in [0.2, 0.25) is 0 Å². The Bertz CT molecular complexity index is 1190. The summed E-state index contributed by atoms with van der Waals surface area (Å²) in [6, 6.07) is 12.6. The summed E-state index contributed by atoms with van der Waals surface area (Å²) in [4.78, 5) is -0.226. The van der Waals surface area contributed by atoms with Crippen LogP contribution in [0.25, 0.3) is 0 Å². The fraction of sp³-hybridized carbons (Fsp3) is 0.136. The van der Waals surface area contributed by atoms with Crippen LogP contribution in [-0.4, -0.2) is 14.1 Å². The van der Waals surface area contributed by atoms with Gasteiger partial charge in [0, 0.05) is 11.1 Å². The molecule has 0 aliphatic heterocycles. The zero-order valence-electron chi connectivity index (χ0n) is 16.8.